The smallest absolute Gasteiger partial charge is 0.257 e. The molecule has 1 saturated carbocycles. The van der Waals surface area contributed by atoms with Gasteiger partial charge in [-0.1, -0.05) is 55.9 Å². The molecule has 1 aromatic heterocycles. The molecule has 0 saturated heterocycles. The van der Waals surface area contributed by atoms with Crippen LogP contribution in [0.5, 0.6) is 0 Å². The second kappa shape index (κ2) is 9.34. The minimum absolute atomic E-state index is 0.192. The van der Waals surface area contributed by atoms with Crippen molar-refractivity contribution in [2.24, 2.45) is 0 Å². The Morgan fingerprint density at radius 3 is 2.45 bits per heavy atom. The van der Waals surface area contributed by atoms with Gasteiger partial charge in [-0.3, -0.25) is 9.59 Å². The highest BCUT2D eigenvalue weighted by molar-refractivity contribution is 7.99. The SMILES string of the molecule is CC(C)c1nnc(SCC(=O)Nc2ccccc2C(=O)Nc2ccccc2)n1C1CC1. The number of nitrogens with one attached hydrogen (secondary N) is 2. The fourth-order valence-corrected chi connectivity index (χ4v) is 4.10. The minimum atomic E-state index is -0.273. The van der Waals surface area contributed by atoms with Gasteiger partial charge in [-0.2, -0.15) is 0 Å². The zero-order valence-corrected chi connectivity index (χ0v) is 18.4. The lowest BCUT2D eigenvalue weighted by atomic mass is 10.1. The lowest BCUT2D eigenvalue weighted by Gasteiger charge is -2.12. The summed E-state index contributed by atoms with van der Waals surface area (Å²) < 4.78 is 2.17. The van der Waals surface area contributed by atoms with Gasteiger partial charge in [0.15, 0.2) is 5.16 Å². The van der Waals surface area contributed by atoms with E-state index in [0.29, 0.717) is 23.0 Å². The molecule has 0 radical (unpaired) electrons. The monoisotopic (exact) mass is 435 g/mol. The molecule has 1 aliphatic carbocycles. The van der Waals surface area contributed by atoms with E-state index in [4.69, 9.17) is 0 Å². The number of thioether (sulfide) groups is 1. The number of nitrogens with zero attached hydrogens (tertiary/aromatic N) is 3. The topological polar surface area (TPSA) is 88.9 Å². The highest BCUT2D eigenvalue weighted by Gasteiger charge is 2.30. The number of hydrogen-bond acceptors (Lipinski definition) is 5. The fourth-order valence-electron chi connectivity index (χ4n) is 3.28. The Balaban J connectivity index is 1.41. The molecule has 0 aliphatic heterocycles. The summed E-state index contributed by atoms with van der Waals surface area (Å²) >= 11 is 1.37. The second-order valence-corrected chi connectivity index (χ2v) is 8.74. The fraction of sp³-hybridized carbons (Fsp3) is 0.304. The normalized spacial score (nSPS) is 13.3. The van der Waals surface area contributed by atoms with E-state index in [1.807, 2.05) is 30.3 Å². The van der Waals surface area contributed by atoms with Gasteiger partial charge in [0.2, 0.25) is 5.91 Å². The largest absolute Gasteiger partial charge is 0.325 e. The van der Waals surface area contributed by atoms with Gasteiger partial charge in [-0.05, 0) is 37.1 Å². The third kappa shape index (κ3) is 5.14. The molecule has 3 aromatic rings. The summed E-state index contributed by atoms with van der Waals surface area (Å²) in [6.07, 6.45) is 2.25. The molecule has 0 atom stereocenters. The third-order valence-corrected chi connectivity index (χ3v) is 5.87. The van der Waals surface area contributed by atoms with Crippen LogP contribution in [0.3, 0.4) is 0 Å². The number of rotatable bonds is 8. The van der Waals surface area contributed by atoms with E-state index in [1.54, 1.807) is 24.3 Å². The van der Waals surface area contributed by atoms with Crippen LogP contribution in [0.1, 0.15) is 54.8 Å². The maximum atomic E-state index is 12.7. The first-order valence-electron chi connectivity index (χ1n) is 10.4. The van der Waals surface area contributed by atoms with Gasteiger partial charge in [0, 0.05) is 17.6 Å². The Labute approximate surface area is 185 Å². The number of para-hydroxylation sites is 2. The molecule has 31 heavy (non-hydrogen) atoms. The summed E-state index contributed by atoms with van der Waals surface area (Å²) in [7, 11) is 0. The standard InChI is InChI=1S/C23H25N5O2S/c1-15(2)21-26-27-23(28(21)17-12-13-17)31-14-20(29)25-19-11-7-6-10-18(19)22(30)24-16-8-4-3-5-9-16/h3-11,15,17H,12-14H2,1-2H3,(H,24,30)(H,25,29). The number of amides is 2. The Kier molecular flexibility index (Phi) is 6.36. The van der Waals surface area contributed by atoms with Crippen molar-refractivity contribution >= 4 is 35.0 Å². The van der Waals surface area contributed by atoms with Crippen molar-refractivity contribution in [1.29, 1.82) is 0 Å². The Morgan fingerprint density at radius 1 is 1.03 bits per heavy atom. The molecule has 1 aliphatic rings. The van der Waals surface area contributed by atoms with Gasteiger partial charge in [0.25, 0.3) is 5.91 Å². The zero-order valence-electron chi connectivity index (χ0n) is 17.5. The van der Waals surface area contributed by atoms with Crippen LogP contribution in [-0.4, -0.2) is 32.3 Å². The van der Waals surface area contributed by atoms with Crippen LogP contribution >= 0.6 is 11.8 Å². The maximum absolute atomic E-state index is 12.7. The van der Waals surface area contributed by atoms with Crippen LogP contribution in [0, 0.1) is 0 Å². The van der Waals surface area contributed by atoms with E-state index in [2.05, 4.69) is 39.2 Å². The van der Waals surface area contributed by atoms with Crippen molar-refractivity contribution in [2.45, 2.75) is 43.8 Å². The summed E-state index contributed by atoms with van der Waals surface area (Å²) in [6.45, 7) is 4.20. The van der Waals surface area contributed by atoms with Gasteiger partial charge in [-0.25, -0.2) is 0 Å². The predicted octanol–water partition coefficient (Wildman–Crippen LogP) is 4.72. The lowest BCUT2D eigenvalue weighted by molar-refractivity contribution is -0.113. The molecular weight excluding hydrogens is 410 g/mol. The number of aromatic nitrogens is 3. The molecule has 2 amide bonds. The Hall–Kier alpha value is -3.13. The van der Waals surface area contributed by atoms with E-state index in [0.717, 1.165) is 23.8 Å². The van der Waals surface area contributed by atoms with Crippen molar-refractivity contribution < 1.29 is 9.59 Å². The molecule has 0 unspecified atom stereocenters. The van der Waals surface area contributed by atoms with Gasteiger partial charge in [-0.15, -0.1) is 10.2 Å². The van der Waals surface area contributed by atoms with Crippen LogP contribution in [0.4, 0.5) is 11.4 Å². The average Bonchev–Trinajstić information content (AvgIpc) is 3.51. The Morgan fingerprint density at radius 2 is 1.74 bits per heavy atom. The van der Waals surface area contributed by atoms with Crippen molar-refractivity contribution in [3.63, 3.8) is 0 Å². The van der Waals surface area contributed by atoms with E-state index >= 15 is 0 Å². The Bertz CT molecular complexity index is 1080. The summed E-state index contributed by atoms with van der Waals surface area (Å²) in [5, 5.41) is 15.1. The minimum Gasteiger partial charge on any atom is -0.325 e. The summed E-state index contributed by atoms with van der Waals surface area (Å²) in [5.41, 5.74) is 1.59. The molecule has 1 heterocycles. The van der Waals surface area contributed by atoms with Crippen LogP contribution in [0.15, 0.2) is 59.8 Å². The van der Waals surface area contributed by atoms with E-state index in [-0.39, 0.29) is 23.5 Å². The number of carbonyl (C=O) groups is 2. The average molecular weight is 436 g/mol. The molecule has 160 valence electrons. The van der Waals surface area contributed by atoms with Crippen LogP contribution in [-0.2, 0) is 4.79 Å². The molecule has 1 fully saturated rings. The second-order valence-electron chi connectivity index (χ2n) is 7.80. The van der Waals surface area contributed by atoms with Crippen LogP contribution in [0.25, 0.3) is 0 Å². The van der Waals surface area contributed by atoms with E-state index in [1.165, 1.54) is 11.8 Å². The van der Waals surface area contributed by atoms with Crippen molar-refractivity contribution in [3.8, 4) is 0 Å². The quantitative estimate of drug-likeness (QED) is 0.500. The summed E-state index contributed by atoms with van der Waals surface area (Å²) in [6, 6.07) is 16.7. The van der Waals surface area contributed by atoms with Gasteiger partial charge in [0.1, 0.15) is 5.82 Å². The van der Waals surface area contributed by atoms with Crippen molar-refractivity contribution in [1.82, 2.24) is 14.8 Å². The molecular formula is C23H25N5O2S. The summed E-state index contributed by atoms with van der Waals surface area (Å²) in [5.74, 6) is 0.975. The van der Waals surface area contributed by atoms with Gasteiger partial charge >= 0.3 is 0 Å². The molecule has 7 nitrogen and oxygen atoms in total. The highest BCUT2D eigenvalue weighted by Crippen LogP contribution is 2.40. The van der Waals surface area contributed by atoms with Gasteiger partial charge in [0.05, 0.1) is 17.0 Å². The van der Waals surface area contributed by atoms with E-state index in [9.17, 15) is 9.59 Å². The van der Waals surface area contributed by atoms with Crippen LogP contribution < -0.4 is 10.6 Å². The van der Waals surface area contributed by atoms with Gasteiger partial charge < -0.3 is 15.2 Å². The molecule has 0 spiro atoms. The number of anilines is 2. The molecule has 2 N–H and O–H groups in total. The molecule has 2 aromatic carbocycles. The number of hydrogen-bond donors (Lipinski definition) is 2. The first kappa shape index (κ1) is 21.1. The highest BCUT2D eigenvalue weighted by atomic mass is 32.2. The summed E-state index contributed by atoms with van der Waals surface area (Å²) in [4.78, 5) is 25.3. The molecule has 4 rings (SSSR count). The van der Waals surface area contributed by atoms with E-state index < -0.39 is 0 Å². The van der Waals surface area contributed by atoms with Crippen molar-refractivity contribution in [2.75, 3.05) is 16.4 Å². The van der Waals surface area contributed by atoms with Crippen LogP contribution in [0.2, 0.25) is 0 Å². The molecule has 0 bridgehead atoms. The maximum Gasteiger partial charge on any atom is 0.257 e. The predicted molar refractivity (Wildman–Crippen MR) is 123 cm³/mol. The first-order chi connectivity index (χ1) is 15.0. The number of carbonyl (C=O) groups excluding carboxylic acids is 2. The number of benzene rings is 2. The molecule has 8 heteroatoms. The third-order valence-electron chi connectivity index (χ3n) is 4.93. The van der Waals surface area contributed by atoms with Crippen molar-refractivity contribution in [3.05, 3.63) is 66.0 Å². The first-order valence-corrected chi connectivity index (χ1v) is 11.3. The zero-order chi connectivity index (χ0) is 21.8. The lowest BCUT2D eigenvalue weighted by Crippen LogP contribution is -2.19.